The Morgan fingerprint density at radius 3 is 2.71 bits per heavy atom. The van der Waals surface area contributed by atoms with Crippen molar-refractivity contribution in [2.24, 2.45) is 0 Å². The first-order valence-electron chi connectivity index (χ1n) is 7.57. The van der Waals surface area contributed by atoms with Crippen LogP contribution < -0.4 is 5.32 Å². The minimum Gasteiger partial charge on any atom is -0.314 e. The maximum Gasteiger partial charge on any atom is 0.0697 e. The van der Waals surface area contributed by atoms with Crippen LogP contribution in [0.1, 0.15) is 28.3 Å². The number of hydrogen-bond donors (Lipinski definition) is 1. The number of rotatable bonds is 4. The maximum absolute atomic E-state index is 3.62. The predicted octanol–water partition coefficient (Wildman–Crippen LogP) is 4.07. The van der Waals surface area contributed by atoms with Gasteiger partial charge in [-0.1, -0.05) is 35.0 Å². The zero-order valence-corrected chi connectivity index (χ0v) is 14.7. The van der Waals surface area contributed by atoms with E-state index in [-0.39, 0.29) is 0 Å². The number of nitrogens with one attached hydrogen (secondary N) is 1. The summed E-state index contributed by atoms with van der Waals surface area (Å²) >= 11 is 5.58. The largest absolute Gasteiger partial charge is 0.314 e. The summed E-state index contributed by atoms with van der Waals surface area (Å²) in [7, 11) is 0. The topological polar surface area (TPSA) is 15.3 Å². The molecule has 0 saturated carbocycles. The third-order valence-electron chi connectivity index (χ3n) is 3.98. The molecule has 112 valence electrons. The highest BCUT2D eigenvalue weighted by Gasteiger charge is 2.25. The number of piperazine rings is 1. The molecule has 0 aliphatic carbocycles. The standard InChI is InChI=1S/C17H21BrN2S/c1-2-15-6-7-16(21-15)17(20-10-8-19-9-11-20)13-4-3-5-14(18)12-13/h3-7,12,17,19H,2,8-11H2,1H3. The first kappa shape index (κ1) is 15.2. The van der Waals surface area contributed by atoms with Crippen LogP contribution >= 0.6 is 27.3 Å². The van der Waals surface area contributed by atoms with Gasteiger partial charge in [-0.25, -0.2) is 0 Å². The van der Waals surface area contributed by atoms with Crippen molar-refractivity contribution in [2.75, 3.05) is 26.2 Å². The molecule has 2 heterocycles. The van der Waals surface area contributed by atoms with Crippen LogP contribution in [0.25, 0.3) is 0 Å². The Kier molecular flexibility index (Phi) is 5.11. The fraction of sp³-hybridized carbons (Fsp3) is 0.412. The smallest absolute Gasteiger partial charge is 0.0697 e. The average Bonchev–Trinajstić information content (AvgIpc) is 2.97. The molecule has 0 radical (unpaired) electrons. The average molecular weight is 365 g/mol. The maximum atomic E-state index is 3.62. The van der Waals surface area contributed by atoms with E-state index in [9.17, 15) is 0 Å². The fourth-order valence-corrected chi connectivity index (χ4v) is 4.44. The molecule has 3 rings (SSSR count). The summed E-state index contributed by atoms with van der Waals surface area (Å²) in [6.45, 7) is 6.61. The van der Waals surface area contributed by atoms with E-state index in [2.05, 4.69) is 69.5 Å². The molecule has 2 aromatic rings. The van der Waals surface area contributed by atoms with Gasteiger partial charge in [-0.2, -0.15) is 0 Å². The molecule has 1 aliphatic heterocycles. The highest BCUT2D eigenvalue weighted by Crippen LogP contribution is 2.34. The van der Waals surface area contributed by atoms with Crippen LogP contribution in [0, 0.1) is 0 Å². The zero-order chi connectivity index (χ0) is 14.7. The Morgan fingerprint density at radius 1 is 1.24 bits per heavy atom. The van der Waals surface area contributed by atoms with Crippen molar-refractivity contribution in [1.29, 1.82) is 0 Å². The van der Waals surface area contributed by atoms with Crippen LogP contribution in [-0.4, -0.2) is 31.1 Å². The SMILES string of the molecule is CCc1ccc(C(c2cccc(Br)c2)N2CCNCC2)s1. The van der Waals surface area contributed by atoms with E-state index in [1.807, 2.05) is 11.3 Å². The van der Waals surface area contributed by atoms with Crippen LogP contribution in [0.5, 0.6) is 0 Å². The highest BCUT2D eigenvalue weighted by atomic mass is 79.9. The molecule has 1 saturated heterocycles. The van der Waals surface area contributed by atoms with E-state index >= 15 is 0 Å². The molecule has 1 N–H and O–H groups in total. The first-order valence-corrected chi connectivity index (χ1v) is 9.17. The van der Waals surface area contributed by atoms with Gasteiger partial charge in [0.1, 0.15) is 0 Å². The lowest BCUT2D eigenvalue weighted by molar-refractivity contribution is 0.200. The summed E-state index contributed by atoms with van der Waals surface area (Å²) in [6, 6.07) is 13.7. The molecular formula is C17H21BrN2S. The molecule has 1 aromatic heterocycles. The van der Waals surface area contributed by atoms with E-state index in [0.29, 0.717) is 6.04 Å². The fourth-order valence-electron chi connectivity index (χ4n) is 2.90. The van der Waals surface area contributed by atoms with Crippen LogP contribution in [0.2, 0.25) is 0 Å². The van der Waals surface area contributed by atoms with Gasteiger partial charge < -0.3 is 5.32 Å². The lowest BCUT2D eigenvalue weighted by Gasteiger charge is -2.34. The molecule has 1 fully saturated rings. The molecule has 0 bridgehead atoms. The molecule has 1 atom stereocenters. The Balaban J connectivity index is 1.97. The molecule has 1 unspecified atom stereocenters. The van der Waals surface area contributed by atoms with Crippen LogP contribution in [0.15, 0.2) is 40.9 Å². The van der Waals surface area contributed by atoms with Gasteiger partial charge in [-0.05, 0) is 36.2 Å². The van der Waals surface area contributed by atoms with E-state index in [0.717, 1.165) is 37.1 Å². The Bertz CT molecular complexity index is 590. The molecular weight excluding hydrogens is 344 g/mol. The van der Waals surface area contributed by atoms with Gasteiger partial charge in [0.15, 0.2) is 0 Å². The number of thiophene rings is 1. The van der Waals surface area contributed by atoms with Crippen molar-refractivity contribution in [3.05, 3.63) is 56.2 Å². The van der Waals surface area contributed by atoms with Gasteiger partial charge in [0, 0.05) is 40.4 Å². The van der Waals surface area contributed by atoms with Crippen molar-refractivity contribution in [3.63, 3.8) is 0 Å². The zero-order valence-electron chi connectivity index (χ0n) is 12.3. The van der Waals surface area contributed by atoms with Gasteiger partial charge >= 0.3 is 0 Å². The van der Waals surface area contributed by atoms with Crippen LogP contribution in [0.4, 0.5) is 0 Å². The van der Waals surface area contributed by atoms with E-state index in [1.165, 1.54) is 15.3 Å². The third-order valence-corrected chi connectivity index (χ3v) is 5.76. The lowest BCUT2D eigenvalue weighted by Crippen LogP contribution is -2.45. The van der Waals surface area contributed by atoms with Crippen molar-refractivity contribution in [2.45, 2.75) is 19.4 Å². The predicted molar refractivity (Wildman–Crippen MR) is 94.1 cm³/mol. The number of aryl methyl sites for hydroxylation is 1. The number of benzene rings is 1. The molecule has 0 amide bonds. The summed E-state index contributed by atoms with van der Waals surface area (Å²) in [6.07, 6.45) is 1.12. The minimum atomic E-state index is 0.384. The summed E-state index contributed by atoms with van der Waals surface area (Å²) < 4.78 is 1.16. The van der Waals surface area contributed by atoms with Gasteiger partial charge in [0.05, 0.1) is 6.04 Å². The molecule has 4 heteroatoms. The van der Waals surface area contributed by atoms with Gasteiger partial charge in [-0.15, -0.1) is 11.3 Å². The second-order valence-corrected chi connectivity index (χ2v) is 7.52. The normalized spacial score (nSPS) is 17.8. The number of halogens is 1. The lowest BCUT2D eigenvalue weighted by atomic mass is 10.0. The summed E-state index contributed by atoms with van der Waals surface area (Å²) in [5.74, 6) is 0. The number of hydrogen-bond acceptors (Lipinski definition) is 3. The molecule has 21 heavy (non-hydrogen) atoms. The van der Waals surface area contributed by atoms with Gasteiger partial charge in [0.2, 0.25) is 0 Å². The highest BCUT2D eigenvalue weighted by molar-refractivity contribution is 9.10. The Morgan fingerprint density at radius 2 is 2.05 bits per heavy atom. The Hall–Kier alpha value is -0.680. The van der Waals surface area contributed by atoms with E-state index < -0.39 is 0 Å². The summed E-state index contributed by atoms with van der Waals surface area (Å²) in [5.41, 5.74) is 1.38. The van der Waals surface area contributed by atoms with Crippen molar-refractivity contribution >= 4 is 27.3 Å². The summed E-state index contributed by atoms with van der Waals surface area (Å²) in [4.78, 5) is 5.54. The summed E-state index contributed by atoms with van der Waals surface area (Å²) in [5, 5.41) is 3.45. The van der Waals surface area contributed by atoms with Crippen molar-refractivity contribution in [1.82, 2.24) is 10.2 Å². The van der Waals surface area contributed by atoms with Crippen LogP contribution in [0.3, 0.4) is 0 Å². The molecule has 2 nitrogen and oxygen atoms in total. The second kappa shape index (κ2) is 7.05. The quantitative estimate of drug-likeness (QED) is 0.879. The molecule has 1 aromatic carbocycles. The minimum absolute atomic E-state index is 0.384. The van der Waals surface area contributed by atoms with Gasteiger partial charge in [0.25, 0.3) is 0 Å². The molecule has 1 aliphatic rings. The van der Waals surface area contributed by atoms with E-state index in [4.69, 9.17) is 0 Å². The van der Waals surface area contributed by atoms with Crippen LogP contribution in [-0.2, 0) is 6.42 Å². The second-order valence-electron chi connectivity index (χ2n) is 5.40. The van der Waals surface area contributed by atoms with Crippen molar-refractivity contribution in [3.8, 4) is 0 Å². The third kappa shape index (κ3) is 3.57. The number of nitrogens with zero attached hydrogens (tertiary/aromatic N) is 1. The van der Waals surface area contributed by atoms with Crippen molar-refractivity contribution < 1.29 is 0 Å². The van der Waals surface area contributed by atoms with E-state index in [1.54, 1.807) is 0 Å². The Labute approximate surface area is 139 Å². The van der Waals surface area contributed by atoms with Gasteiger partial charge in [-0.3, -0.25) is 4.90 Å². The molecule has 0 spiro atoms. The first-order chi connectivity index (χ1) is 10.3. The monoisotopic (exact) mass is 364 g/mol.